The van der Waals surface area contributed by atoms with E-state index in [9.17, 15) is 9.59 Å². The van der Waals surface area contributed by atoms with Crippen LogP contribution >= 0.6 is 0 Å². The molecule has 18 heavy (non-hydrogen) atoms. The fourth-order valence-corrected chi connectivity index (χ4v) is 2.05. The summed E-state index contributed by atoms with van der Waals surface area (Å²) in [4.78, 5) is 24.3. The molecule has 0 spiro atoms. The summed E-state index contributed by atoms with van der Waals surface area (Å²) in [7, 11) is 0. The molecule has 2 aromatic rings. The Hall–Kier alpha value is -2.55. The molecule has 0 fully saturated rings. The third-order valence-corrected chi connectivity index (χ3v) is 2.93. The zero-order valence-electron chi connectivity index (χ0n) is 9.54. The van der Waals surface area contributed by atoms with Gasteiger partial charge < -0.3 is 0 Å². The lowest BCUT2D eigenvalue weighted by Gasteiger charge is -2.10. The molecule has 0 unspecified atom stereocenters. The maximum Gasteiger partial charge on any atom is 0.262 e. The van der Waals surface area contributed by atoms with Crippen LogP contribution in [0.2, 0.25) is 0 Å². The first-order chi connectivity index (χ1) is 8.77. The van der Waals surface area contributed by atoms with Crippen LogP contribution in [-0.2, 0) is 0 Å². The zero-order chi connectivity index (χ0) is 12.5. The van der Waals surface area contributed by atoms with Crippen molar-refractivity contribution in [2.24, 2.45) is 0 Å². The minimum atomic E-state index is -0.128. The number of aromatic nitrogens is 1. The minimum absolute atomic E-state index is 0.124. The van der Waals surface area contributed by atoms with E-state index >= 15 is 0 Å². The molecule has 0 aliphatic heterocycles. The van der Waals surface area contributed by atoms with E-state index in [2.05, 4.69) is 0 Å². The van der Waals surface area contributed by atoms with E-state index in [-0.39, 0.29) is 11.6 Å². The van der Waals surface area contributed by atoms with E-state index in [0.29, 0.717) is 16.8 Å². The summed E-state index contributed by atoms with van der Waals surface area (Å²) in [5, 5.41) is 0. The molecule has 3 nitrogen and oxygen atoms in total. The lowest BCUT2D eigenvalue weighted by molar-refractivity contribution is -0.576. The highest BCUT2D eigenvalue weighted by Gasteiger charge is 2.31. The summed E-state index contributed by atoms with van der Waals surface area (Å²) in [6, 6.07) is 12.4. The van der Waals surface area contributed by atoms with E-state index < -0.39 is 0 Å². The van der Waals surface area contributed by atoms with Gasteiger partial charge in [-0.05, 0) is 0 Å². The number of hydrogen-bond acceptors (Lipinski definition) is 2. The summed E-state index contributed by atoms with van der Waals surface area (Å²) in [6.07, 6.45) is 4.90. The summed E-state index contributed by atoms with van der Waals surface area (Å²) in [5.41, 5.74) is 1.33. The second kappa shape index (κ2) is 4.04. The van der Waals surface area contributed by atoms with Crippen LogP contribution in [0.5, 0.6) is 0 Å². The first kappa shape index (κ1) is 10.6. The molecule has 1 heterocycles. The van der Waals surface area contributed by atoms with Gasteiger partial charge in [-0.2, -0.15) is 4.57 Å². The summed E-state index contributed by atoms with van der Waals surface area (Å²) in [5.74, 6) is -0.252. The Morgan fingerprint density at radius 3 is 2.17 bits per heavy atom. The number of ketones is 2. The standard InChI is InChI=1S/C15H10NO2/c17-14-10-13(16-8-4-1-5-9-16)15(18)12-7-3-2-6-11(12)14/h1-10H/q+1. The predicted octanol–water partition coefficient (Wildman–Crippen LogP) is 1.89. The molecule has 0 amide bonds. The van der Waals surface area contributed by atoms with Gasteiger partial charge in [0.1, 0.15) is 0 Å². The van der Waals surface area contributed by atoms with Crippen molar-refractivity contribution in [3.05, 3.63) is 72.1 Å². The molecular formula is C15H10NO2+. The number of Topliss-reactive ketones (excluding diaryl/α,β-unsaturated/α-hetero) is 1. The molecule has 1 aromatic carbocycles. The van der Waals surface area contributed by atoms with Gasteiger partial charge in [-0.3, -0.25) is 9.59 Å². The van der Waals surface area contributed by atoms with Crippen molar-refractivity contribution in [3.63, 3.8) is 0 Å². The van der Waals surface area contributed by atoms with Gasteiger partial charge in [-0.15, -0.1) is 0 Å². The first-order valence-electron chi connectivity index (χ1n) is 5.64. The molecule has 86 valence electrons. The van der Waals surface area contributed by atoms with Crippen LogP contribution in [0.3, 0.4) is 0 Å². The number of carbonyl (C=O) groups is 2. The SMILES string of the molecule is O=C1C=C([n+]2ccccc2)C(=O)c2ccccc21. The zero-order valence-corrected chi connectivity index (χ0v) is 9.54. The normalized spacial score (nSPS) is 14.1. The average Bonchev–Trinajstić information content (AvgIpc) is 2.44. The summed E-state index contributed by atoms with van der Waals surface area (Å²) >= 11 is 0. The second-order valence-corrected chi connectivity index (χ2v) is 4.05. The largest absolute Gasteiger partial charge is 0.289 e. The quantitative estimate of drug-likeness (QED) is 0.709. The third kappa shape index (κ3) is 1.57. The molecular weight excluding hydrogens is 226 g/mol. The topological polar surface area (TPSA) is 38.0 Å². The number of allylic oxidation sites excluding steroid dienone is 2. The maximum atomic E-state index is 12.3. The van der Waals surface area contributed by atoms with E-state index in [0.717, 1.165) is 0 Å². The summed E-state index contributed by atoms with van der Waals surface area (Å²) in [6.45, 7) is 0. The van der Waals surface area contributed by atoms with Gasteiger partial charge in [0.2, 0.25) is 0 Å². The van der Waals surface area contributed by atoms with E-state index in [1.54, 1.807) is 41.2 Å². The number of carbonyl (C=O) groups excluding carboxylic acids is 2. The molecule has 0 saturated carbocycles. The fraction of sp³-hybridized carbons (Fsp3) is 0. The highest BCUT2D eigenvalue weighted by atomic mass is 16.1. The third-order valence-electron chi connectivity index (χ3n) is 2.93. The second-order valence-electron chi connectivity index (χ2n) is 4.05. The van der Waals surface area contributed by atoms with Crippen molar-refractivity contribution in [3.8, 4) is 0 Å². The lowest BCUT2D eigenvalue weighted by atomic mass is 9.92. The monoisotopic (exact) mass is 236 g/mol. The van der Waals surface area contributed by atoms with E-state index in [1.807, 2.05) is 18.2 Å². The molecule has 1 aliphatic rings. The van der Waals surface area contributed by atoms with Gasteiger partial charge in [0.05, 0.1) is 6.08 Å². The van der Waals surface area contributed by atoms with Crippen LogP contribution in [0.25, 0.3) is 5.70 Å². The molecule has 0 N–H and O–H groups in total. The van der Waals surface area contributed by atoms with Crippen molar-refractivity contribution >= 4 is 17.3 Å². The van der Waals surface area contributed by atoms with E-state index in [4.69, 9.17) is 0 Å². The molecule has 1 aromatic heterocycles. The van der Waals surface area contributed by atoms with Crippen molar-refractivity contribution < 1.29 is 14.2 Å². The van der Waals surface area contributed by atoms with Crippen LogP contribution < -0.4 is 4.57 Å². The van der Waals surface area contributed by atoms with Crippen LogP contribution in [0.4, 0.5) is 0 Å². The minimum Gasteiger partial charge on any atom is -0.289 e. The Balaban J connectivity index is 2.16. The van der Waals surface area contributed by atoms with Crippen LogP contribution in [0, 0.1) is 0 Å². The Morgan fingerprint density at radius 1 is 0.778 bits per heavy atom. The Kier molecular flexibility index (Phi) is 2.38. The average molecular weight is 236 g/mol. The van der Waals surface area contributed by atoms with Crippen LogP contribution in [0.15, 0.2) is 60.9 Å². The van der Waals surface area contributed by atoms with Crippen LogP contribution in [-0.4, -0.2) is 11.6 Å². The fourth-order valence-electron chi connectivity index (χ4n) is 2.05. The van der Waals surface area contributed by atoms with Gasteiger partial charge in [0.25, 0.3) is 11.5 Å². The Bertz CT molecular complexity index is 672. The first-order valence-corrected chi connectivity index (χ1v) is 5.64. The molecule has 1 aliphatic carbocycles. The molecule has 0 atom stereocenters. The van der Waals surface area contributed by atoms with Crippen molar-refractivity contribution in [1.82, 2.24) is 0 Å². The van der Waals surface area contributed by atoms with E-state index in [1.165, 1.54) is 6.08 Å². The molecule has 0 radical (unpaired) electrons. The maximum absolute atomic E-state index is 12.3. The number of fused-ring (bicyclic) bond motifs is 1. The molecule has 3 heteroatoms. The number of rotatable bonds is 1. The van der Waals surface area contributed by atoms with Crippen molar-refractivity contribution in [2.45, 2.75) is 0 Å². The molecule has 0 bridgehead atoms. The highest BCUT2D eigenvalue weighted by Crippen LogP contribution is 2.20. The molecule has 0 saturated heterocycles. The van der Waals surface area contributed by atoms with Crippen molar-refractivity contribution in [2.75, 3.05) is 0 Å². The smallest absolute Gasteiger partial charge is 0.262 e. The summed E-state index contributed by atoms with van der Waals surface area (Å²) < 4.78 is 1.66. The highest BCUT2D eigenvalue weighted by molar-refractivity contribution is 6.33. The Morgan fingerprint density at radius 2 is 1.44 bits per heavy atom. The van der Waals surface area contributed by atoms with Crippen LogP contribution in [0.1, 0.15) is 20.7 Å². The number of hydrogen-bond donors (Lipinski definition) is 0. The van der Waals surface area contributed by atoms with Crippen molar-refractivity contribution in [1.29, 1.82) is 0 Å². The number of nitrogens with zero attached hydrogens (tertiary/aromatic N) is 1. The lowest BCUT2D eigenvalue weighted by Crippen LogP contribution is -2.38. The number of benzene rings is 1. The van der Waals surface area contributed by atoms with Gasteiger partial charge >= 0.3 is 0 Å². The van der Waals surface area contributed by atoms with Gasteiger partial charge in [-0.25, -0.2) is 0 Å². The van der Waals surface area contributed by atoms with Gasteiger partial charge in [0, 0.05) is 23.3 Å². The number of pyridine rings is 1. The molecule has 3 rings (SSSR count). The Labute approximate surface area is 104 Å². The predicted molar refractivity (Wildman–Crippen MR) is 66.0 cm³/mol. The van der Waals surface area contributed by atoms with Gasteiger partial charge in [0.15, 0.2) is 18.2 Å². The van der Waals surface area contributed by atoms with Gasteiger partial charge in [-0.1, -0.05) is 30.3 Å².